The Balaban J connectivity index is 1.30. The topological polar surface area (TPSA) is 85.6 Å². The Kier molecular flexibility index (Phi) is 5.79. The fraction of sp³-hybridized carbons (Fsp3) is 0.522. The summed E-state index contributed by atoms with van der Waals surface area (Å²) in [7, 11) is 0. The Labute approximate surface area is 172 Å². The zero-order valence-electron chi connectivity index (χ0n) is 16.9. The zero-order chi connectivity index (χ0) is 20.3. The minimum atomic E-state index is -0.345. The minimum absolute atomic E-state index is 0.107. The third-order valence-electron chi connectivity index (χ3n) is 5.65. The molecule has 1 aliphatic heterocycles. The second kappa shape index (κ2) is 8.48. The highest BCUT2D eigenvalue weighted by Gasteiger charge is 2.46. The van der Waals surface area contributed by atoms with Crippen molar-refractivity contribution in [2.45, 2.75) is 45.3 Å². The third-order valence-corrected chi connectivity index (χ3v) is 5.65. The summed E-state index contributed by atoms with van der Waals surface area (Å²) in [6.07, 6.45) is 6.77. The first-order valence-electron chi connectivity index (χ1n) is 10.4. The Morgan fingerprint density at radius 1 is 1.31 bits per heavy atom. The Hall–Kier alpha value is -2.49. The molecule has 1 heterocycles. The van der Waals surface area contributed by atoms with Crippen LogP contribution in [0.2, 0.25) is 0 Å². The lowest BCUT2D eigenvalue weighted by Crippen LogP contribution is -2.39. The van der Waals surface area contributed by atoms with Crippen LogP contribution in [0.4, 0.5) is 5.69 Å². The highest BCUT2D eigenvalue weighted by molar-refractivity contribution is 6.03. The maximum atomic E-state index is 12.5. The summed E-state index contributed by atoms with van der Waals surface area (Å²) in [5.41, 5.74) is 9.04. The van der Waals surface area contributed by atoms with Crippen molar-refractivity contribution in [1.29, 1.82) is 0 Å². The van der Waals surface area contributed by atoms with E-state index in [9.17, 15) is 4.79 Å². The van der Waals surface area contributed by atoms with E-state index in [1.54, 1.807) is 0 Å². The van der Waals surface area contributed by atoms with Gasteiger partial charge in [0, 0.05) is 28.8 Å². The number of nitrogens with one attached hydrogen (secondary N) is 2. The SMILES string of the molecule is CCc1ccc(C#CC2CC2)cc1NC(=O)/C(N)=C/NCC1OCC2(CC2)CO1. The number of ether oxygens (including phenoxy) is 2. The summed E-state index contributed by atoms with van der Waals surface area (Å²) in [6, 6.07) is 5.93. The molecule has 0 atom stereocenters. The van der Waals surface area contributed by atoms with E-state index in [-0.39, 0.29) is 23.3 Å². The molecule has 4 N–H and O–H groups in total. The van der Waals surface area contributed by atoms with E-state index in [0.717, 1.165) is 36.4 Å². The fourth-order valence-electron chi connectivity index (χ4n) is 3.23. The van der Waals surface area contributed by atoms with Gasteiger partial charge in [0.25, 0.3) is 5.91 Å². The van der Waals surface area contributed by atoms with E-state index in [2.05, 4.69) is 29.4 Å². The molecule has 0 aromatic heterocycles. The van der Waals surface area contributed by atoms with Gasteiger partial charge in [-0.1, -0.05) is 24.8 Å². The Bertz CT molecular complexity index is 850. The van der Waals surface area contributed by atoms with Crippen LogP contribution in [0.3, 0.4) is 0 Å². The van der Waals surface area contributed by atoms with Crippen molar-refractivity contribution >= 4 is 11.6 Å². The van der Waals surface area contributed by atoms with Gasteiger partial charge in [0.2, 0.25) is 0 Å². The van der Waals surface area contributed by atoms with E-state index in [1.807, 2.05) is 18.2 Å². The molecule has 1 aromatic rings. The molecule has 154 valence electrons. The second-order valence-electron chi connectivity index (χ2n) is 8.28. The predicted molar refractivity (Wildman–Crippen MR) is 112 cm³/mol. The van der Waals surface area contributed by atoms with E-state index in [4.69, 9.17) is 15.2 Å². The van der Waals surface area contributed by atoms with E-state index < -0.39 is 0 Å². The molecule has 2 saturated carbocycles. The monoisotopic (exact) mass is 395 g/mol. The number of aryl methyl sites for hydroxylation is 1. The number of carbonyl (C=O) groups is 1. The Morgan fingerprint density at radius 2 is 2.07 bits per heavy atom. The van der Waals surface area contributed by atoms with Gasteiger partial charge in [-0.15, -0.1) is 0 Å². The lowest BCUT2D eigenvalue weighted by Gasteiger charge is -2.29. The number of nitrogens with two attached hydrogens (primary N) is 1. The van der Waals surface area contributed by atoms with Gasteiger partial charge in [0.1, 0.15) is 5.70 Å². The third kappa shape index (κ3) is 5.31. The predicted octanol–water partition coefficient (Wildman–Crippen LogP) is 2.49. The van der Waals surface area contributed by atoms with Gasteiger partial charge in [0.15, 0.2) is 6.29 Å². The molecule has 1 amide bonds. The molecule has 6 heteroatoms. The summed E-state index contributed by atoms with van der Waals surface area (Å²) in [5.74, 6) is 6.64. The summed E-state index contributed by atoms with van der Waals surface area (Å²) >= 11 is 0. The van der Waals surface area contributed by atoms with Crippen LogP contribution in [0.5, 0.6) is 0 Å². The molecule has 1 spiro atoms. The van der Waals surface area contributed by atoms with Crippen LogP contribution in [0.1, 0.15) is 43.7 Å². The number of anilines is 1. The van der Waals surface area contributed by atoms with E-state index >= 15 is 0 Å². The van der Waals surface area contributed by atoms with Gasteiger partial charge in [-0.2, -0.15) is 0 Å². The molecule has 1 aromatic carbocycles. The van der Waals surface area contributed by atoms with Gasteiger partial charge < -0.3 is 25.8 Å². The number of rotatable bonds is 6. The lowest BCUT2D eigenvalue weighted by atomic mass is 10.1. The number of carbonyl (C=O) groups excluding carboxylic acids is 1. The van der Waals surface area contributed by atoms with Crippen LogP contribution in [0, 0.1) is 23.2 Å². The van der Waals surface area contributed by atoms with Crippen molar-refractivity contribution in [3.05, 3.63) is 41.2 Å². The van der Waals surface area contributed by atoms with Crippen LogP contribution in [-0.2, 0) is 20.7 Å². The normalized spacial score (nSPS) is 20.7. The maximum Gasteiger partial charge on any atom is 0.273 e. The summed E-state index contributed by atoms with van der Waals surface area (Å²) in [4.78, 5) is 12.5. The summed E-state index contributed by atoms with van der Waals surface area (Å²) in [6.45, 7) is 4.01. The number of hydrogen-bond acceptors (Lipinski definition) is 5. The van der Waals surface area contributed by atoms with Crippen LogP contribution in [0.25, 0.3) is 0 Å². The molecule has 3 aliphatic rings. The number of hydrogen-bond donors (Lipinski definition) is 3. The molecular weight excluding hydrogens is 366 g/mol. The van der Waals surface area contributed by atoms with Gasteiger partial charge in [-0.3, -0.25) is 4.79 Å². The minimum Gasteiger partial charge on any atom is -0.393 e. The maximum absolute atomic E-state index is 12.5. The molecule has 6 nitrogen and oxygen atoms in total. The largest absolute Gasteiger partial charge is 0.393 e. The van der Waals surface area contributed by atoms with Gasteiger partial charge in [0.05, 0.1) is 19.8 Å². The summed E-state index contributed by atoms with van der Waals surface area (Å²) in [5, 5.41) is 5.94. The average Bonchev–Trinajstić information content (AvgIpc) is 3.65. The molecule has 0 unspecified atom stereocenters. The van der Waals surface area contributed by atoms with E-state index in [1.165, 1.54) is 31.9 Å². The molecule has 1 saturated heterocycles. The first-order chi connectivity index (χ1) is 14.1. The van der Waals surface area contributed by atoms with Crippen molar-refractivity contribution in [3.63, 3.8) is 0 Å². The van der Waals surface area contributed by atoms with Crippen LogP contribution in [0.15, 0.2) is 30.1 Å². The molecule has 2 aliphatic carbocycles. The van der Waals surface area contributed by atoms with Crippen molar-refractivity contribution < 1.29 is 14.3 Å². The molecule has 0 bridgehead atoms. The van der Waals surface area contributed by atoms with Crippen molar-refractivity contribution in [3.8, 4) is 11.8 Å². The molecule has 4 rings (SSSR count). The van der Waals surface area contributed by atoms with Crippen molar-refractivity contribution in [2.75, 3.05) is 25.1 Å². The standard InChI is InChI=1S/C23H29N3O3/c1-2-18-8-7-17(6-5-16-3-4-16)11-20(18)26-22(27)19(24)12-25-13-21-28-14-23(9-10-23)15-29-21/h7-8,11-12,16,21,25H,2-4,9-10,13-15,24H2,1H3,(H,26,27)/b19-12-. The van der Waals surface area contributed by atoms with Crippen molar-refractivity contribution in [1.82, 2.24) is 5.32 Å². The Morgan fingerprint density at radius 3 is 2.72 bits per heavy atom. The fourth-order valence-corrected chi connectivity index (χ4v) is 3.23. The second-order valence-corrected chi connectivity index (χ2v) is 8.28. The van der Waals surface area contributed by atoms with Crippen LogP contribution < -0.4 is 16.4 Å². The van der Waals surface area contributed by atoms with Crippen molar-refractivity contribution in [2.24, 2.45) is 17.1 Å². The smallest absolute Gasteiger partial charge is 0.273 e. The van der Waals surface area contributed by atoms with Gasteiger partial charge >= 0.3 is 0 Å². The van der Waals surface area contributed by atoms with E-state index in [0.29, 0.717) is 12.5 Å². The first-order valence-corrected chi connectivity index (χ1v) is 10.4. The van der Waals surface area contributed by atoms with Gasteiger partial charge in [-0.05, 0) is 49.8 Å². The molecular formula is C23H29N3O3. The van der Waals surface area contributed by atoms with Crippen LogP contribution >= 0.6 is 0 Å². The first kappa shape index (κ1) is 19.8. The quantitative estimate of drug-likeness (QED) is 0.509. The molecule has 3 fully saturated rings. The summed E-state index contributed by atoms with van der Waals surface area (Å²) < 4.78 is 11.4. The van der Waals surface area contributed by atoms with Gasteiger partial charge in [-0.25, -0.2) is 0 Å². The molecule has 0 radical (unpaired) electrons. The number of amides is 1. The molecule has 29 heavy (non-hydrogen) atoms. The average molecular weight is 396 g/mol. The highest BCUT2D eigenvalue weighted by Crippen LogP contribution is 2.48. The van der Waals surface area contributed by atoms with Crippen LogP contribution in [-0.4, -0.2) is 32.0 Å². The highest BCUT2D eigenvalue weighted by atomic mass is 16.7. The zero-order valence-corrected chi connectivity index (χ0v) is 16.9. The lowest BCUT2D eigenvalue weighted by molar-refractivity contribution is -0.203. The number of benzene rings is 1.